The number of alkyl halides is 2. The third-order valence-electron chi connectivity index (χ3n) is 12.2. The number of nitrogens with zero attached hydrogens (tertiary/aromatic N) is 4. The molecule has 1 aliphatic carbocycles. The lowest BCUT2D eigenvalue weighted by atomic mass is 9.69. The van der Waals surface area contributed by atoms with Gasteiger partial charge in [-0.1, -0.05) is 32.9 Å². The second kappa shape index (κ2) is 14.4. The van der Waals surface area contributed by atoms with E-state index in [4.69, 9.17) is 0 Å². The molecule has 10 nitrogen and oxygen atoms in total. The molecule has 4 saturated heterocycles. The number of amides is 3. The molecule has 5 fully saturated rings. The van der Waals surface area contributed by atoms with Crippen LogP contribution in [0, 0.1) is 40.9 Å². The number of hydrogen-bond acceptors (Lipinski definition) is 7. The van der Waals surface area contributed by atoms with Crippen LogP contribution in [0.2, 0.25) is 0 Å². The van der Waals surface area contributed by atoms with Gasteiger partial charge in [0.1, 0.15) is 12.3 Å². The van der Waals surface area contributed by atoms with E-state index in [9.17, 15) is 14.9 Å². The Hall–Kier alpha value is -2.75. The normalized spacial score (nSPS) is 43.4. The van der Waals surface area contributed by atoms with Gasteiger partial charge in [0.2, 0.25) is 5.91 Å². The molecule has 1 saturated carbocycles. The van der Waals surface area contributed by atoms with Gasteiger partial charge in [-0.3, -0.25) is 15.0 Å². The molecule has 6 rings (SSSR count). The number of carbonyl (C=O) groups excluding carboxylic acids is 2. The second-order valence-corrected chi connectivity index (χ2v) is 15.2. The number of rotatable bonds is 4. The summed E-state index contributed by atoms with van der Waals surface area (Å²) in [4.78, 5) is 33.2. The highest BCUT2D eigenvalue weighted by Crippen LogP contribution is 2.44. The average Bonchev–Trinajstić information content (AvgIpc) is 3.05. The van der Waals surface area contributed by atoms with Gasteiger partial charge in [0, 0.05) is 49.6 Å². The number of piperidine rings is 2. The average molecular weight is 657 g/mol. The lowest BCUT2D eigenvalue weighted by Gasteiger charge is -2.60. The summed E-state index contributed by atoms with van der Waals surface area (Å²) in [6.45, 7) is 12.2. The first kappa shape index (κ1) is 34.1. The quantitative estimate of drug-likeness (QED) is 0.344. The molecule has 2 bridgehead atoms. The minimum Gasteiger partial charge on any atom is -0.391 e. The Kier molecular flexibility index (Phi) is 10.4. The molecule has 5 heterocycles. The summed E-state index contributed by atoms with van der Waals surface area (Å²) < 4.78 is 32.7. The summed E-state index contributed by atoms with van der Waals surface area (Å²) >= 11 is 0. The lowest BCUT2D eigenvalue weighted by molar-refractivity contribution is -0.137. The molecule has 260 valence electrons. The topological polar surface area (TPSA) is 116 Å². The van der Waals surface area contributed by atoms with Gasteiger partial charge in [-0.15, -0.1) is 0 Å². The first-order valence-electron chi connectivity index (χ1n) is 17.9. The molecule has 4 N–H and O–H groups in total. The van der Waals surface area contributed by atoms with E-state index >= 15 is 8.78 Å². The van der Waals surface area contributed by atoms with Gasteiger partial charge in [0.25, 0.3) is 0 Å². The van der Waals surface area contributed by atoms with Gasteiger partial charge in [-0.05, 0) is 75.6 Å². The summed E-state index contributed by atoms with van der Waals surface area (Å²) in [5, 5.41) is 23.8. The Morgan fingerprint density at radius 1 is 1.17 bits per heavy atom. The van der Waals surface area contributed by atoms with Gasteiger partial charge in [0.05, 0.1) is 36.9 Å². The standard InChI is InChI=1S/C35H54F2N8O2/c1-5-28(46)44-18-21(4)43(19-24(44)11-13-38)33-25-16-27(37)31-29-23(8-6-10-26(29)36)17-39-14-7-9-22-12-15-40-30(20(2)3)32(22)45(34(25)41-31)35(47)42-33/h5,7,14,20-27,29-34,39-41H,1,6,8-12,15-19H2,2-4H3,(H,42,47)/b14-7+. The number of carbonyl (C=O) groups is 2. The minimum atomic E-state index is -1.30. The molecule has 12 heteroatoms. The second-order valence-electron chi connectivity index (χ2n) is 15.2. The Bertz CT molecular complexity index is 1230. The van der Waals surface area contributed by atoms with Crippen LogP contribution in [-0.2, 0) is 4.79 Å². The highest BCUT2D eigenvalue weighted by molar-refractivity contribution is 5.87. The van der Waals surface area contributed by atoms with Crippen molar-refractivity contribution in [3.05, 3.63) is 24.9 Å². The van der Waals surface area contributed by atoms with E-state index in [2.05, 4.69) is 58.7 Å². The monoisotopic (exact) mass is 656 g/mol. The van der Waals surface area contributed by atoms with E-state index in [1.165, 1.54) is 6.08 Å². The molecule has 47 heavy (non-hydrogen) atoms. The number of urea groups is 1. The molecule has 0 radical (unpaired) electrons. The number of nitrogens with one attached hydrogen (secondary N) is 4. The van der Waals surface area contributed by atoms with Crippen molar-refractivity contribution in [2.24, 2.45) is 29.6 Å². The van der Waals surface area contributed by atoms with E-state index < -0.39 is 36.6 Å². The van der Waals surface area contributed by atoms with Crippen LogP contribution in [-0.4, -0.2) is 108 Å². The fourth-order valence-electron chi connectivity index (χ4n) is 9.97. The molecular formula is C35H54F2N8O2. The van der Waals surface area contributed by atoms with Crippen LogP contribution in [0.3, 0.4) is 0 Å². The van der Waals surface area contributed by atoms with Gasteiger partial charge < -0.3 is 25.8 Å². The molecule has 0 aromatic rings. The maximum atomic E-state index is 16.7. The van der Waals surface area contributed by atoms with E-state index in [-0.39, 0.29) is 72.6 Å². The molecule has 13 atom stereocenters. The van der Waals surface area contributed by atoms with Crippen molar-refractivity contribution in [3.63, 3.8) is 0 Å². The fourth-order valence-corrected chi connectivity index (χ4v) is 9.97. The zero-order valence-electron chi connectivity index (χ0n) is 28.2. The zero-order valence-corrected chi connectivity index (χ0v) is 28.2. The third kappa shape index (κ3) is 6.52. The first-order valence-corrected chi connectivity index (χ1v) is 17.9. The highest BCUT2D eigenvalue weighted by Gasteiger charge is 2.57. The number of halogens is 2. The van der Waals surface area contributed by atoms with Crippen molar-refractivity contribution in [1.29, 1.82) is 5.26 Å². The molecule has 0 spiro atoms. The molecule has 13 unspecified atom stereocenters. The molecule has 5 aliphatic heterocycles. The number of piperazine rings is 1. The molecular weight excluding hydrogens is 602 g/mol. The van der Waals surface area contributed by atoms with Gasteiger partial charge in [0.15, 0.2) is 0 Å². The smallest absolute Gasteiger partial charge is 0.320 e. The number of allylic oxidation sites excluding steroid dienone is 1. The Morgan fingerprint density at radius 2 is 1.98 bits per heavy atom. The first-order chi connectivity index (χ1) is 22.6. The van der Waals surface area contributed by atoms with Gasteiger partial charge in [-0.25, -0.2) is 13.6 Å². The van der Waals surface area contributed by atoms with Crippen molar-refractivity contribution in [3.8, 4) is 6.07 Å². The Labute approximate surface area is 278 Å². The SMILES string of the molecule is C=CC(=O)N1CC(C)N(C2NC(=O)N3C4NC(C(F)CC24)C2C(F)CCCC2CN/C=C/CC2CCNC(C(C)C)C23)CC1CC#N. The number of hydrogen-bond donors (Lipinski definition) is 4. The number of fused-ring (bicyclic) bond motifs is 5. The van der Waals surface area contributed by atoms with E-state index in [0.29, 0.717) is 26.1 Å². The molecule has 3 amide bonds. The summed E-state index contributed by atoms with van der Waals surface area (Å²) in [6.07, 6.45) is 6.08. The predicted octanol–water partition coefficient (Wildman–Crippen LogP) is 3.25. The maximum Gasteiger partial charge on any atom is 0.320 e. The molecule has 0 aromatic heterocycles. The van der Waals surface area contributed by atoms with Crippen molar-refractivity contribution in [2.45, 2.75) is 121 Å². The van der Waals surface area contributed by atoms with Crippen molar-refractivity contribution in [1.82, 2.24) is 36.0 Å². The van der Waals surface area contributed by atoms with Gasteiger partial charge >= 0.3 is 6.03 Å². The summed E-state index contributed by atoms with van der Waals surface area (Å²) in [5.74, 6) is -0.637. The van der Waals surface area contributed by atoms with Crippen LogP contribution < -0.4 is 21.3 Å². The van der Waals surface area contributed by atoms with Crippen molar-refractivity contribution < 1.29 is 18.4 Å². The van der Waals surface area contributed by atoms with E-state index in [1.54, 1.807) is 4.90 Å². The molecule has 6 aliphatic rings. The molecule has 0 aromatic carbocycles. The van der Waals surface area contributed by atoms with Crippen LogP contribution in [0.25, 0.3) is 0 Å². The van der Waals surface area contributed by atoms with Crippen LogP contribution in [0.5, 0.6) is 0 Å². The van der Waals surface area contributed by atoms with E-state index in [1.807, 2.05) is 18.0 Å². The van der Waals surface area contributed by atoms with Crippen molar-refractivity contribution in [2.75, 3.05) is 26.2 Å². The third-order valence-corrected chi connectivity index (χ3v) is 12.2. The van der Waals surface area contributed by atoms with Crippen LogP contribution in [0.4, 0.5) is 13.6 Å². The van der Waals surface area contributed by atoms with Crippen LogP contribution in [0.1, 0.15) is 65.7 Å². The largest absolute Gasteiger partial charge is 0.391 e. The summed E-state index contributed by atoms with van der Waals surface area (Å²) in [5.41, 5.74) is 0. The zero-order chi connectivity index (χ0) is 33.4. The fraction of sp³-hybridized carbons (Fsp3) is 0.800. The lowest BCUT2D eigenvalue weighted by Crippen LogP contribution is -2.80. The van der Waals surface area contributed by atoms with Crippen LogP contribution >= 0.6 is 0 Å². The Balaban J connectivity index is 1.40. The Morgan fingerprint density at radius 3 is 2.72 bits per heavy atom. The maximum absolute atomic E-state index is 16.7. The predicted molar refractivity (Wildman–Crippen MR) is 176 cm³/mol. The highest BCUT2D eigenvalue weighted by atomic mass is 19.1. The van der Waals surface area contributed by atoms with Crippen molar-refractivity contribution >= 4 is 11.9 Å². The summed E-state index contributed by atoms with van der Waals surface area (Å²) in [6, 6.07) is 0.660. The minimum absolute atomic E-state index is 0.0206. The number of nitriles is 1. The summed E-state index contributed by atoms with van der Waals surface area (Å²) in [7, 11) is 0. The van der Waals surface area contributed by atoms with Crippen LogP contribution in [0.15, 0.2) is 24.9 Å². The van der Waals surface area contributed by atoms with Gasteiger partial charge in [-0.2, -0.15) is 5.26 Å². The van der Waals surface area contributed by atoms with E-state index in [0.717, 1.165) is 32.2 Å².